The smallest absolute Gasteiger partial charge is 0.463 e. The Morgan fingerprint density at radius 1 is 1.11 bits per heavy atom. The highest BCUT2D eigenvalue weighted by Gasteiger charge is 2.60. The number of aliphatic imine (C=N–C) groups is 1. The summed E-state index contributed by atoms with van der Waals surface area (Å²) >= 11 is 6.46. The van der Waals surface area contributed by atoms with Crippen molar-refractivity contribution in [3.63, 3.8) is 0 Å². The molecule has 11 nitrogen and oxygen atoms in total. The van der Waals surface area contributed by atoms with Crippen LogP contribution in [0, 0.1) is 22.6 Å². The van der Waals surface area contributed by atoms with Crippen LogP contribution in [0.4, 0.5) is 30.7 Å². The average Bonchev–Trinajstić information content (AvgIpc) is 4.01. The lowest BCUT2D eigenvalue weighted by atomic mass is 9.71. The van der Waals surface area contributed by atoms with Gasteiger partial charge in [0.15, 0.2) is 23.5 Å². The van der Waals surface area contributed by atoms with Crippen molar-refractivity contribution < 1.29 is 49.7 Å². The lowest BCUT2D eigenvalue weighted by Crippen LogP contribution is -2.48. The summed E-state index contributed by atoms with van der Waals surface area (Å²) < 4.78 is 107. The summed E-state index contributed by atoms with van der Waals surface area (Å²) in [5.41, 5.74) is 2.61. The normalized spacial score (nSPS) is 22.4. The summed E-state index contributed by atoms with van der Waals surface area (Å²) in [6.45, 7) is 1.01. The van der Waals surface area contributed by atoms with Crippen molar-refractivity contribution in [1.82, 2.24) is 19.7 Å². The van der Waals surface area contributed by atoms with E-state index in [1.54, 1.807) is 0 Å². The highest BCUT2D eigenvalue weighted by atomic mass is 35.5. The maximum atomic E-state index is 16.5. The topological polar surface area (TPSA) is 131 Å². The van der Waals surface area contributed by atoms with Gasteiger partial charge in [-0.25, -0.2) is 36.6 Å². The molecule has 2 aliphatic carbocycles. The molecule has 7 rings (SSSR count). The van der Waals surface area contributed by atoms with Crippen LogP contribution in [0.25, 0.3) is 5.69 Å². The molecule has 2 aromatic carbocycles. The van der Waals surface area contributed by atoms with Gasteiger partial charge in [0.1, 0.15) is 24.7 Å². The molecule has 1 unspecified atom stereocenters. The number of nitrogens with zero attached hydrogens (tertiary/aromatic N) is 7. The first-order valence-electron chi connectivity index (χ1n) is 18.2. The number of ether oxygens (including phenoxy) is 1. The van der Waals surface area contributed by atoms with E-state index in [0.717, 1.165) is 48.0 Å². The number of alkyl halides is 6. The molecule has 3 aromatic rings. The van der Waals surface area contributed by atoms with Crippen LogP contribution in [0.15, 0.2) is 52.8 Å². The molecule has 1 amide bonds. The van der Waals surface area contributed by atoms with Gasteiger partial charge in [0.05, 0.1) is 29.4 Å². The molecule has 0 spiro atoms. The largest absolute Gasteiger partial charge is 0.474 e. The van der Waals surface area contributed by atoms with E-state index in [0.29, 0.717) is 4.68 Å². The highest BCUT2D eigenvalue weighted by Crippen LogP contribution is 2.59. The number of carbonyl (C=O) groups excluding carboxylic acids is 2. The van der Waals surface area contributed by atoms with Crippen molar-refractivity contribution >= 4 is 41.9 Å². The van der Waals surface area contributed by atoms with Crippen LogP contribution < -0.4 is 5.73 Å². The second-order valence-electron chi connectivity index (χ2n) is 15.9. The predicted octanol–water partition coefficient (Wildman–Crippen LogP) is 7.67. The number of hydrogen-bond donors (Lipinski definition) is 1. The number of amides is 1. The van der Waals surface area contributed by atoms with Crippen LogP contribution in [-0.2, 0) is 19.9 Å². The molecule has 1 aromatic heterocycles. The average molecular weight is 824 g/mol. The first-order chi connectivity index (χ1) is 26.8. The Labute approximate surface area is 327 Å². The van der Waals surface area contributed by atoms with E-state index in [1.165, 1.54) is 36.5 Å². The standard InChI is InChI=1S/C38H39ClF7N8O3/c1-35(2,23-6-7-23)18-38(24-8-4-20(12-26(24)40)22-15-49-52(16-22)33(43)44)32(56)53(34(47)51-38)28(17-57-29(55)14-37(10-11-37)36(3,45)46)21-5-9-25(39)27(13-21)54-31(30(41)42)48-19-50-54/h4-5,8-9,12-13,15-16,19,22-23,28,30,33H,6-7,10-11,14,17-18H2,1-3H3,(H2,47,51)/q+1/t22?,28-,38-/m1/s1. The second-order valence-corrected chi connectivity index (χ2v) is 16.3. The third kappa shape index (κ3) is 7.52. The molecular weight excluding hydrogens is 785 g/mol. The van der Waals surface area contributed by atoms with Crippen molar-refractivity contribution in [2.24, 2.45) is 32.6 Å². The molecule has 2 N–H and O–H groups in total. The Morgan fingerprint density at radius 3 is 2.42 bits per heavy atom. The molecule has 0 bridgehead atoms. The van der Waals surface area contributed by atoms with Crippen molar-refractivity contribution in [3.05, 3.63) is 76.1 Å². The van der Waals surface area contributed by atoms with Gasteiger partial charge in [-0.05, 0) is 89.5 Å². The van der Waals surface area contributed by atoms with Gasteiger partial charge in [-0.2, -0.15) is 5.10 Å². The van der Waals surface area contributed by atoms with Gasteiger partial charge in [0, 0.05) is 11.0 Å². The van der Waals surface area contributed by atoms with Gasteiger partial charge < -0.3 is 10.5 Å². The number of nitrogens with two attached hydrogens (primary N) is 1. The SMILES string of the molecule is CC(C)(C[C@]1(c2ccc(C3C=N[N+](C(F)F)=C3)cc2F)N=C(N)N([C@H](COC(=O)CC2(C(C)(F)F)CC2)c2ccc(Cl)c(-n3ncnc3C(F)F)c2)C1=O)C1CC1. The molecular formula is C38H39ClF7N8O3+. The van der Waals surface area contributed by atoms with Crippen LogP contribution in [-0.4, -0.2) is 73.7 Å². The fraction of sp³-hybridized carbons (Fsp3) is 0.500. The van der Waals surface area contributed by atoms with Gasteiger partial charge in [0.2, 0.25) is 0 Å². The van der Waals surface area contributed by atoms with Crippen molar-refractivity contribution in [2.75, 3.05) is 6.61 Å². The Bertz CT molecular complexity index is 2180. The summed E-state index contributed by atoms with van der Waals surface area (Å²) in [5, 5.41) is 7.50. The van der Waals surface area contributed by atoms with Crippen LogP contribution in [0.1, 0.15) is 100 Å². The maximum absolute atomic E-state index is 16.5. The maximum Gasteiger partial charge on any atom is 0.474 e. The van der Waals surface area contributed by atoms with E-state index >= 15 is 9.18 Å². The molecule has 3 heterocycles. The number of hydrogen-bond acceptors (Lipinski definition) is 8. The van der Waals surface area contributed by atoms with E-state index in [9.17, 15) is 31.1 Å². The summed E-state index contributed by atoms with van der Waals surface area (Å²) in [4.78, 5) is 37.7. The summed E-state index contributed by atoms with van der Waals surface area (Å²) in [6.07, 6.45) is 1.47. The van der Waals surface area contributed by atoms with E-state index in [4.69, 9.17) is 22.1 Å². The van der Waals surface area contributed by atoms with Gasteiger partial charge >= 0.3 is 12.5 Å². The first-order valence-corrected chi connectivity index (χ1v) is 18.6. The molecule has 304 valence electrons. The fourth-order valence-corrected chi connectivity index (χ4v) is 8.13. The molecule has 2 fully saturated rings. The zero-order valence-corrected chi connectivity index (χ0v) is 31.7. The number of esters is 1. The Balaban J connectivity index is 1.30. The van der Waals surface area contributed by atoms with E-state index in [2.05, 4.69) is 20.2 Å². The second kappa shape index (κ2) is 14.5. The monoisotopic (exact) mass is 823 g/mol. The molecule has 4 aliphatic rings. The van der Waals surface area contributed by atoms with Crippen LogP contribution in [0.5, 0.6) is 0 Å². The Hall–Kier alpha value is -4.87. The summed E-state index contributed by atoms with van der Waals surface area (Å²) in [6, 6.07) is 6.66. The minimum atomic E-state index is -3.17. The number of hydrazone groups is 1. The van der Waals surface area contributed by atoms with Crippen molar-refractivity contribution in [2.45, 2.75) is 95.7 Å². The highest BCUT2D eigenvalue weighted by molar-refractivity contribution is 6.32. The Morgan fingerprint density at radius 2 is 1.82 bits per heavy atom. The molecule has 3 atom stereocenters. The lowest BCUT2D eigenvalue weighted by molar-refractivity contribution is -0.622. The van der Waals surface area contributed by atoms with Crippen LogP contribution in [0.3, 0.4) is 0 Å². The van der Waals surface area contributed by atoms with Gasteiger partial charge in [-0.3, -0.25) is 14.5 Å². The van der Waals surface area contributed by atoms with E-state index in [1.807, 2.05) is 13.8 Å². The zero-order valence-electron chi connectivity index (χ0n) is 31.0. The number of benzene rings is 2. The van der Waals surface area contributed by atoms with Gasteiger partial charge in [-0.15, -0.1) is 8.78 Å². The lowest BCUT2D eigenvalue weighted by Gasteiger charge is -2.36. The summed E-state index contributed by atoms with van der Waals surface area (Å²) in [7, 11) is 0. The minimum absolute atomic E-state index is 0.0314. The number of rotatable bonds is 15. The molecule has 2 saturated carbocycles. The predicted molar refractivity (Wildman–Crippen MR) is 193 cm³/mol. The summed E-state index contributed by atoms with van der Waals surface area (Å²) in [5.74, 6) is -7.61. The zero-order chi connectivity index (χ0) is 41.2. The number of carbonyl (C=O) groups is 2. The minimum Gasteiger partial charge on any atom is -0.463 e. The molecule has 19 heteroatoms. The molecule has 57 heavy (non-hydrogen) atoms. The number of aromatic nitrogens is 3. The number of halogens is 8. The Kier molecular flexibility index (Phi) is 10.3. The third-order valence-electron chi connectivity index (χ3n) is 11.6. The number of guanidine groups is 1. The molecule has 0 radical (unpaired) electrons. The van der Waals surface area contributed by atoms with Gasteiger partial charge in [-0.1, -0.05) is 43.6 Å². The third-order valence-corrected chi connectivity index (χ3v) is 11.9. The van der Waals surface area contributed by atoms with E-state index in [-0.39, 0.29) is 52.6 Å². The van der Waals surface area contributed by atoms with Crippen molar-refractivity contribution in [1.29, 1.82) is 0 Å². The van der Waals surface area contributed by atoms with Crippen molar-refractivity contribution in [3.8, 4) is 5.69 Å². The van der Waals surface area contributed by atoms with Crippen LogP contribution >= 0.6 is 11.6 Å². The van der Waals surface area contributed by atoms with Gasteiger partial charge in [0.25, 0.3) is 18.3 Å². The quantitative estimate of drug-likeness (QED) is 0.0725. The van der Waals surface area contributed by atoms with E-state index < -0.39 is 89.7 Å². The fourth-order valence-electron chi connectivity index (χ4n) is 7.93. The molecule has 0 saturated heterocycles. The molecule has 2 aliphatic heterocycles. The van der Waals surface area contributed by atoms with Crippen LogP contribution in [0.2, 0.25) is 5.02 Å². The first kappa shape index (κ1) is 40.3.